The summed E-state index contributed by atoms with van der Waals surface area (Å²) >= 11 is 0. The molecule has 1 unspecified atom stereocenters. The Morgan fingerprint density at radius 1 is 0.880 bits per heavy atom. The summed E-state index contributed by atoms with van der Waals surface area (Å²) in [5.41, 5.74) is 6.40. The number of para-hydroxylation sites is 1. The van der Waals surface area contributed by atoms with E-state index in [9.17, 15) is 5.11 Å². The fraction of sp³-hybridized carbons (Fsp3) is 0.182. The van der Waals surface area contributed by atoms with Crippen molar-refractivity contribution < 1.29 is 9.84 Å². The standard InChI is InChI=1S/C22H21NO2/c24-19(15-25-20-7-2-1-3-8-20)14-23-18-10-11-22-17(13-18)12-16-6-4-5-9-21(16)22/h1-11,13,19,23-24H,12,14-15H2. The minimum Gasteiger partial charge on any atom is -0.491 e. The molecule has 0 aromatic heterocycles. The number of ether oxygens (including phenoxy) is 1. The van der Waals surface area contributed by atoms with Gasteiger partial charge in [-0.2, -0.15) is 0 Å². The van der Waals surface area contributed by atoms with Crippen LogP contribution >= 0.6 is 0 Å². The molecule has 0 saturated heterocycles. The number of aliphatic hydroxyl groups is 1. The van der Waals surface area contributed by atoms with Gasteiger partial charge in [0.1, 0.15) is 18.5 Å². The number of hydrogen-bond acceptors (Lipinski definition) is 3. The molecule has 1 atom stereocenters. The highest BCUT2D eigenvalue weighted by Gasteiger charge is 2.17. The van der Waals surface area contributed by atoms with Gasteiger partial charge in [-0.25, -0.2) is 0 Å². The van der Waals surface area contributed by atoms with Crippen LogP contribution in [0.4, 0.5) is 5.69 Å². The van der Waals surface area contributed by atoms with Crippen molar-refractivity contribution in [2.75, 3.05) is 18.5 Å². The van der Waals surface area contributed by atoms with Crippen LogP contribution in [0.5, 0.6) is 5.75 Å². The van der Waals surface area contributed by atoms with Gasteiger partial charge in [0.15, 0.2) is 0 Å². The van der Waals surface area contributed by atoms with Crippen molar-refractivity contribution in [3.05, 3.63) is 83.9 Å². The highest BCUT2D eigenvalue weighted by Crippen LogP contribution is 2.37. The van der Waals surface area contributed by atoms with Gasteiger partial charge >= 0.3 is 0 Å². The molecule has 1 aliphatic carbocycles. The first-order valence-corrected chi connectivity index (χ1v) is 8.60. The predicted octanol–water partition coefficient (Wildman–Crippen LogP) is 4.11. The summed E-state index contributed by atoms with van der Waals surface area (Å²) in [6.45, 7) is 0.728. The van der Waals surface area contributed by atoms with Crippen molar-refractivity contribution in [3.63, 3.8) is 0 Å². The summed E-state index contributed by atoms with van der Waals surface area (Å²) in [6, 6.07) is 24.5. The number of anilines is 1. The van der Waals surface area contributed by atoms with Crippen molar-refractivity contribution in [2.45, 2.75) is 12.5 Å². The average molecular weight is 331 g/mol. The van der Waals surface area contributed by atoms with Crippen molar-refractivity contribution in [1.29, 1.82) is 0 Å². The van der Waals surface area contributed by atoms with E-state index in [1.54, 1.807) is 0 Å². The fourth-order valence-corrected chi connectivity index (χ4v) is 3.26. The first-order chi connectivity index (χ1) is 12.3. The van der Waals surface area contributed by atoms with E-state index in [-0.39, 0.29) is 6.61 Å². The van der Waals surface area contributed by atoms with Crippen LogP contribution in [0.25, 0.3) is 11.1 Å². The van der Waals surface area contributed by atoms with Crippen LogP contribution in [0.15, 0.2) is 72.8 Å². The van der Waals surface area contributed by atoms with Gasteiger partial charge < -0.3 is 15.2 Å². The topological polar surface area (TPSA) is 41.5 Å². The second-order valence-electron chi connectivity index (χ2n) is 6.36. The third kappa shape index (κ3) is 3.52. The van der Waals surface area contributed by atoms with E-state index < -0.39 is 6.10 Å². The quantitative estimate of drug-likeness (QED) is 0.559. The van der Waals surface area contributed by atoms with E-state index in [1.165, 1.54) is 22.3 Å². The molecule has 0 spiro atoms. The summed E-state index contributed by atoms with van der Waals surface area (Å²) < 4.78 is 5.58. The molecule has 0 aliphatic heterocycles. The number of benzene rings is 3. The van der Waals surface area contributed by atoms with Gasteiger partial charge in [-0.1, -0.05) is 48.5 Å². The lowest BCUT2D eigenvalue weighted by Gasteiger charge is -2.14. The smallest absolute Gasteiger partial charge is 0.119 e. The third-order valence-electron chi connectivity index (χ3n) is 4.52. The lowest BCUT2D eigenvalue weighted by Crippen LogP contribution is -2.26. The van der Waals surface area contributed by atoms with Crippen molar-refractivity contribution in [2.24, 2.45) is 0 Å². The lowest BCUT2D eigenvalue weighted by atomic mass is 10.1. The second-order valence-corrected chi connectivity index (χ2v) is 6.36. The van der Waals surface area contributed by atoms with Gasteiger partial charge in [0.05, 0.1) is 0 Å². The van der Waals surface area contributed by atoms with Gasteiger partial charge in [0.2, 0.25) is 0 Å². The molecule has 4 rings (SSSR count). The molecule has 2 N–H and O–H groups in total. The van der Waals surface area contributed by atoms with E-state index in [2.05, 4.69) is 47.8 Å². The first-order valence-electron chi connectivity index (χ1n) is 8.60. The largest absolute Gasteiger partial charge is 0.491 e. The molecule has 3 aromatic rings. The molecular weight excluding hydrogens is 310 g/mol. The zero-order chi connectivity index (χ0) is 17.1. The Kier molecular flexibility index (Phi) is 4.40. The number of aliphatic hydroxyl groups excluding tert-OH is 1. The molecule has 3 nitrogen and oxygen atoms in total. The van der Waals surface area contributed by atoms with Crippen LogP contribution in [0.3, 0.4) is 0 Å². The Labute approximate surface area is 147 Å². The van der Waals surface area contributed by atoms with Gasteiger partial charge in [0.25, 0.3) is 0 Å². The molecule has 25 heavy (non-hydrogen) atoms. The minimum absolute atomic E-state index is 0.271. The Hall–Kier alpha value is -2.78. The molecule has 0 heterocycles. The molecule has 3 aromatic carbocycles. The Morgan fingerprint density at radius 3 is 2.52 bits per heavy atom. The van der Waals surface area contributed by atoms with E-state index in [4.69, 9.17) is 4.74 Å². The monoisotopic (exact) mass is 331 g/mol. The number of hydrogen-bond donors (Lipinski definition) is 2. The van der Waals surface area contributed by atoms with E-state index in [0.29, 0.717) is 6.54 Å². The maximum absolute atomic E-state index is 10.1. The number of fused-ring (bicyclic) bond motifs is 3. The molecule has 0 amide bonds. The van der Waals surface area contributed by atoms with Crippen molar-refractivity contribution in [1.82, 2.24) is 0 Å². The van der Waals surface area contributed by atoms with Gasteiger partial charge in [-0.05, 0) is 52.9 Å². The zero-order valence-electron chi connectivity index (χ0n) is 14.0. The summed E-state index contributed by atoms with van der Waals surface area (Å²) in [5, 5.41) is 13.4. The summed E-state index contributed by atoms with van der Waals surface area (Å²) in [4.78, 5) is 0. The molecule has 0 bridgehead atoms. The van der Waals surface area contributed by atoms with Gasteiger partial charge in [-0.15, -0.1) is 0 Å². The van der Waals surface area contributed by atoms with Crippen LogP contribution in [0, 0.1) is 0 Å². The maximum atomic E-state index is 10.1. The summed E-state index contributed by atoms with van der Waals surface area (Å²) in [7, 11) is 0. The van der Waals surface area contributed by atoms with Crippen LogP contribution < -0.4 is 10.1 Å². The second kappa shape index (κ2) is 6.99. The molecule has 1 aliphatic rings. The van der Waals surface area contributed by atoms with E-state index in [0.717, 1.165) is 17.9 Å². The molecular formula is C22H21NO2. The molecule has 3 heteroatoms. The predicted molar refractivity (Wildman–Crippen MR) is 101 cm³/mol. The SMILES string of the molecule is OC(CNc1ccc2c(c1)Cc1ccccc1-2)COc1ccccc1. The first kappa shape index (κ1) is 15.7. The van der Waals surface area contributed by atoms with Gasteiger partial charge in [0, 0.05) is 12.2 Å². The van der Waals surface area contributed by atoms with Crippen LogP contribution in [0.1, 0.15) is 11.1 Å². The summed E-state index contributed by atoms with van der Waals surface area (Å²) in [6.07, 6.45) is 0.409. The van der Waals surface area contributed by atoms with Crippen molar-refractivity contribution in [3.8, 4) is 16.9 Å². The Balaban J connectivity index is 1.34. The van der Waals surface area contributed by atoms with Gasteiger partial charge in [-0.3, -0.25) is 0 Å². The number of rotatable bonds is 6. The summed E-state index contributed by atoms with van der Waals surface area (Å²) in [5.74, 6) is 0.775. The highest BCUT2D eigenvalue weighted by atomic mass is 16.5. The lowest BCUT2D eigenvalue weighted by molar-refractivity contribution is 0.117. The van der Waals surface area contributed by atoms with E-state index >= 15 is 0 Å². The fourth-order valence-electron chi connectivity index (χ4n) is 3.26. The zero-order valence-corrected chi connectivity index (χ0v) is 14.0. The van der Waals surface area contributed by atoms with Crippen LogP contribution in [-0.4, -0.2) is 24.4 Å². The Bertz CT molecular complexity index is 861. The molecule has 126 valence electrons. The van der Waals surface area contributed by atoms with Crippen LogP contribution in [0.2, 0.25) is 0 Å². The normalized spacial score (nSPS) is 13.0. The molecule has 0 radical (unpaired) electrons. The van der Waals surface area contributed by atoms with Crippen LogP contribution in [-0.2, 0) is 6.42 Å². The molecule has 0 fully saturated rings. The average Bonchev–Trinajstić information content (AvgIpc) is 3.03. The highest BCUT2D eigenvalue weighted by molar-refractivity contribution is 5.78. The minimum atomic E-state index is -0.564. The maximum Gasteiger partial charge on any atom is 0.119 e. The Morgan fingerprint density at radius 2 is 1.64 bits per heavy atom. The molecule has 0 saturated carbocycles. The van der Waals surface area contributed by atoms with Crippen molar-refractivity contribution >= 4 is 5.69 Å². The van der Waals surface area contributed by atoms with E-state index in [1.807, 2.05) is 30.3 Å². The number of nitrogens with one attached hydrogen (secondary N) is 1. The third-order valence-corrected chi connectivity index (χ3v) is 4.52.